The van der Waals surface area contributed by atoms with Crippen molar-refractivity contribution in [1.29, 1.82) is 0 Å². The third-order valence-electron chi connectivity index (χ3n) is 3.04. The van der Waals surface area contributed by atoms with Crippen molar-refractivity contribution in [3.05, 3.63) is 35.4 Å². The van der Waals surface area contributed by atoms with Gasteiger partial charge < -0.3 is 10.6 Å². The number of amides is 1. The molecule has 3 nitrogen and oxygen atoms in total. The summed E-state index contributed by atoms with van der Waals surface area (Å²) in [7, 11) is 0. The average Bonchev–Trinajstić information content (AvgIpc) is 3.11. The Morgan fingerprint density at radius 1 is 1.35 bits per heavy atom. The summed E-state index contributed by atoms with van der Waals surface area (Å²) in [6.07, 6.45) is 2.41. The molecule has 0 heterocycles. The Labute approximate surface area is 103 Å². The normalized spacial score (nSPS) is 16.6. The Kier molecular flexibility index (Phi) is 3.79. The van der Waals surface area contributed by atoms with Crippen molar-refractivity contribution in [2.45, 2.75) is 45.3 Å². The molecule has 1 unspecified atom stereocenters. The Hall–Kier alpha value is -1.35. The molecule has 1 amide bonds. The molecule has 1 aromatic carbocycles. The van der Waals surface area contributed by atoms with Crippen molar-refractivity contribution in [3.8, 4) is 0 Å². The van der Waals surface area contributed by atoms with Gasteiger partial charge in [-0.15, -0.1) is 0 Å². The highest BCUT2D eigenvalue weighted by Crippen LogP contribution is 2.19. The van der Waals surface area contributed by atoms with Crippen LogP contribution >= 0.6 is 0 Å². The summed E-state index contributed by atoms with van der Waals surface area (Å²) in [5.74, 6) is 0.0810. The van der Waals surface area contributed by atoms with Crippen molar-refractivity contribution in [1.82, 2.24) is 10.6 Å². The van der Waals surface area contributed by atoms with Crippen LogP contribution in [-0.4, -0.2) is 18.0 Å². The van der Waals surface area contributed by atoms with Crippen LogP contribution < -0.4 is 10.6 Å². The second kappa shape index (κ2) is 5.32. The average molecular weight is 232 g/mol. The fourth-order valence-electron chi connectivity index (χ4n) is 1.73. The van der Waals surface area contributed by atoms with Crippen LogP contribution in [0.5, 0.6) is 0 Å². The lowest BCUT2D eigenvalue weighted by Crippen LogP contribution is -2.42. The number of hydrogen-bond donors (Lipinski definition) is 2. The van der Waals surface area contributed by atoms with E-state index in [1.807, 2.05) is 6.92 Å². The fraction of sp³-hybridized carbons (Fsp3) is 0.500. The lowest BCUT2D eigenvalue weighted by molar-refractivity contribution is -0.122. The molecule has 0 bridgehead atoms. The van der Waals surface area contributed by atoms with Gasteiger partial charge in [0.1, 0.15) is 0 Å². The topological polar surface area (TPSA) is 41.1 Å². The maximum absolute atomic E-state index is 11.8. The van der Waals surface area contributed by atoms with E-state index in [0.717, 1.165) is 5.56 Å². The van der Waals surface area contributed by atoms with Crippen LogP contribution in [0.3, 0.4) is 0 Å². The standard InChI is InChI=1S/C14H20N2O/c1-10-3-5-12(6-4-10)9-15-14(17)11(2)16-13-7-8-13/h3-6,11,13,16H,7-9H2,1-2H3,(H,15,17). The molecule has 0 radical (unpaired) electrons. The van der Waals surface area contributed by atoms with Crippen molar-refractivity contribution >= 4 is 5.91 Å². The van der Waals surface area contributed by atoms with Gasteiger partial charge in [0.25, 0.3) is 0 Å². The third kappa shape index (κ3) is 3.86. The minimum atomic E-state index is -0.0899. The van der Waals surface area contributed by atoms with Crippen LogP contribution in [0.1, 0.15) is 30.9 Å². The molecule has 92 valence electrons. The molecule has 3 heteroatoms. The molecular weight excluding hydrogens is 212 g/mol. The Morgan fingerprint density at radius 3 is 2.59 bits per heavy atom. The van der Waals surface area contributed by atoms with Gasteiger partial charge in [0, 0.05) is 12.6 Å². The maximum Gasteiger partial charge on any atom is 0.237 e. The molecule has 1 saturated carbocycles. The van der Waals surface area contributed by atoms with Crippen LogP contribution in [0.15, 0.2) is 24.3 Å². The molecule has 1 aliphatic carbocycles. The number of carbonyl (C=O) groups is 1. The summed E-state index contributed by atoms with van der Waals surface area (Å²) in [6, 6.07) is 8.70. The number of aryl methyl sites for hydroxylation is 1. The minimum Gasteiger partial charge on any atom is -0.351 e. The van der Waals surface area contributed by atoms with Gasteiger partial charge in [-0.3, -0.25) is 4.79 Å². The van der Waals surface area contributed by atoms with Crippen LogP contribution in [0.2, 0.25) is 0 Å². The van der Waals surface area contributed by atoms with E-state index in [1.54, 1.807) is 0 Å². The van der Waals surface area contributed by atoms with Crippen LogP contribution in [0.25, 0.3) is 0 Å². The highest BCUT2D eigenvalue weighted by Gasteiger charge is 2.25. The van der Waals surface area contributed by atoms with E-state index in [-0.39, 0.29) is 11.9 Å². The van der Waals surface area contributed by atoms with Crippen molar-refractivity contribution < 1.29 is 4.79 Å². The van der Waals surface area contributed by atoms with Crippen LogP contribution in [0, 0.1) is 6.92 Å². The molecule has 0 aromatic heterocycles. The predicted octanol–water partition coefficient (Wildman–Crippen LogP) is 1.75. The van der Waals surface area contributed by atoms with Gasteiger partial charge in [0.2, 0.25) is 5.91 Å². The molecule has 2 N–H and O–H groups in total. The number of carbonyl (C=O) groups excluding carboxylic acids is 1. The molecule has 2 rings (SSSR count). The lowest BCUT2D eigenvalue weighted by Gasteiger charge is -2.13. The zero-order chi connectivity index (χ0) is 12.3. The number of hydrogen-bond acceptors (Lipinski definition) is 2. The molecule has 17 heavy (non-hydrogen) atoms. The van der Waals surface area contributed by atoms with Gasteiger partial charge >= 0.3 is 0 Å². The summed E-state index contributed by atoms with van der Waals surface area (Å²) in [6.45, 7) is 4.59. The molecule has 0 saturated heterocycles. The third-order valence-corrected chi connectivity index (χ3v) is 3.04. The van der Waals surface area contributed by atoms with Crippen molar-refractivity contribution in [2.24, 2.45) is 0 Å². The smallest absolute Gasteiger partial charge is 0.237 e. The first kappa shape index (κ1) is 12.1. The molecule has 1 fully saturated rings. The number of rotatable bonds is 5. The van der Waals surface area contributed by atoms with Gasteiger partial charge in [0.05, 0.1) is 6.04 Å². The summed E-state index contributed by atoms with van der Waals surface area (Å²) in [5.41, 5.74) is 2.38. The second-order valence-corrected chi connectivity index (χ2v) is 4.87. The van der Waals surface area contributed by atoms with E-state index in [2.05, 4.69) is 41.8 Å². The first-order valence-electron chi connectivity index (χ1n) is 6.24. The zero-order valence-electron chi connectivity index (χ0n) is 10.5. The quantitative estimate of drug-likeness (QED) is 0.812. The Morgan fingerprint density at radius 2 is 2.00 bits per heavy atom. The molecule has 0 aliphatic heterocycles. The molecule has 1 aromatic rings. The SMILES string of the molecule is Cc1ccc(CNC(=O)C(C)NC2CC2)cc1. The Bertz CT molecular complexity index is 382. The fourth-order valence-corrected chi connectivity index (χ4v) is 1.73. The molecule has 1 atom stereocenters. The predicted molar refractivity (Wildman–Crippen MR) is 68.6 cm³/mol. The van der Waals surface area contributed by atoms with Crippen LogP contribution in [-0.2, 0) is 11.3 Å². The number of nitrogens with one attached hydrogen (secondary N) is 2. The zero-order valence-corrected chi connectivity index (χ0v) is 10.5. The van der Waals surface area contributed by atoms with Crippen molar-refractivity contribution in [3.63, 3.8) is 0 Å². The lowest BCUT2D eigenvalue weighted by atomic mass is 10.1. The highest BCUT2D eigenvalue weighted by atomic mass is 16.2. The monoisotopic (exact) mass is 232 g/mol. The maximum atomic E-state index is 11.8. The van der Waals surface area contributed by atoms with Crippen LogP contribution in [0.4, 0.5) is 0 Å². The number of benzene rings is 1. The van der Waals surface area contributed by atoms with E-state index in [9.17, 15) is 4.79 Å². The van der Waals surface area contributed by atoms with E-state index in [0.29, 0.717) is 12.6 Å². The van der Waals surface area contributed by atoms with Gasteiger partial charge in [-0.2, -0.15) is 0 Å². The van der Waals surface area contributed by atoms with E-state index in [4.69, 9.17) is 0 Å². The molecular formula is C14H20N2O. The Balaban J connectivity index is 1.76. The van der Waals surface area contributed by atoms with Gasteiger partial charge in [-0.25, -0.2) is 0 Å². The molecule has 0 spiro atoms. The summed E-state index contributed by atoms with van der Waals surface area (Å²) in [5, 5.41) is 6.24. The first-order chi connectivity index (χ1) is 8.15. The van der Waals surface area contributed by atoms with E-state index in [1.165, 1.54) is 18.4 Å². The van der Waals surface area contributed by atoms with E-state index < -0.39 is 0 Å². The summed E-state index contributed by atoms with van der Waals surface area (Å²) >= 11 is 0. The van der Waals surface area contributed by atoms with Crippen molar-refractivity contribution in [2.75, 3.05) is 0 Å². The van der Waals surface area contributed by atoms with Gasteiger partial charge in [-0.1, -0.05) is 29.8 Å². The summed E-state index contributed by atoms with van der Waals surface area (Å²) < 4.78 is 0. The minimum absolute atomic E-state index is 0.0810. The summed E-state index contributed by atoms with van der Waals surface area (Å²) in [4.78, 5) is 11.8. The second-order valence-electron chi connectivity index (χ2n) is 4.87. The van der Waals surface area contributed by atoms with Gasteiger partial charge in [0.15, 0.2) is 0 Å². The first-order valence-corrected chi connectivity index (χ1v) is 6.24. The largest absolute Gasteiger partial charge is 0.351 e. The van der Waals surface area contributed by atoms with Gasteiger partial charge in [-0.05, 0) is 32.3 Å². The van der Waals surface area contributed by atoms with E-state index >= 15 is 0 Å². The highest BCUT2D eigenvalue weighted by molar-refractivity contribution is 5.81. The molecule has 1 aliphatic rings.